The second kappa shape index (κ2) is 6.17. The number of halogens is 1. The van der Waals surface area contributed by atoms with Gasteiger partial charge in [-0.2, -0.15) is 0 Å². The lowest BCUT2D eigenvalue weighted by Gasteiger charge is -2.31. The van der Waals surface area contributed by atoms with Crippen LogP contribution in [0.25, 0.3) is 0 Å². The van der Waals surface area contributed by atoms with Crippen LogP contribution < -0.4 is 5.73 Å². The molecule has 100 valence electrons. The molecule has 0 saturated heterocycles. The first-order valence-corrected chi connectivity index (χ1v) is 8.10. The number of hydrogen-bond donors (Lipinski definition) is 1. The molecule has 1 saturated carbocycles. The highest BCUT2D eigenvalue weighted by Crippen LogP contribution is 2.32. The van der Waals surface area contributed by atoms with Crippen molar-refractivity contribution in [3.63, 3.8) is 0 Å². The van der Waals surface area contributed by atoms with E-state index in [9.17, 15) is 4.79 Å². The molecule has 1 aliphatic carbocycles. The van der Waals surface area contributed by atoms with E-state index in [1.54, 1.807) is 0 Å². The molecule has 18 heavy (non-hydrogen) atoms. The minimum absolute atomic E-state index is 0.143. The molecule has 0 bridgehead atoms. The molecule has 5 heteroatoms. The maximum absolute atomic E-state index is 12.6. The molecule has 3 nitrogen and oxygen atoms in total. The van der Waals surface area contributed by atoms with Gasteiger partial charge in [0, 0.05) is 17.1 Å². The summed E-state index contributed by atoms with van der Waals surface area (Å²) in [5.74, 6) is 0.609. The van der Waals surface area contributed by atoms with Gasteiger partial charge >= 0.3 is 0 Å². The van der Waals surface area contributed by atoms with Crippen LogP contribution in [0.1, 0.15) is 35.9 Å². The molecule has 2 rings (SSSR count). The molecule has 0 spiro atoms. The van der Waals surface area contributed by atoms with Crippen molar-refractivity contribution in [2.45, 2.75) is 32.2 Å². The van der Waals surface area contributed by atoms with E-state index in [-0.39, 0.29) is 5.91 Å². The summed E-state index contributed by atoms with van der Waals surface area (Å²) in [6.45, 7) is 3.48. The van der Waals surface area contributed by atoms with Gasteiger partial charge in [-0.3, -0.25) is 4.79 Å². The van der Waals surface area contributed by atoms with Crippen molar-refractivity contribution in [1.29, 1.82) is 0 Å². The molecule has 0 aliphatic heterocycles. The Kier molecular flexibility index (Phi) is 4.81. The number of thiophene rings is 1. The summed E-state index contributed by atoms with van der Waals surface area (Å²) < 4.78 is 0.901. The monoisotopic (exact) mass is 330 g/mol. The Morgan fingerprint density at radius 3 is 2.94 bits per heavy atom. The number of nitrogens with zero attached hydrogens (tertiary/aromatic N) is 1. The molecule has 1 aromatic heterocycles. The smallest absolute Gasteiger partial charge is 0.265 e. The second-order valence-corrected chi connectivity index (χ2v) is 6.45. The summed E-state index contributed by atoms with van der Waals surface area (Å²) in [5, 5.41) is 1.94. The summed E-state index contributed by atoms with van der Waals surface area (Å²) in [7, 11) is 0. The third-order valence-corrected chi connectivity index (χ3v) is 5.56. The molecule has 1 aromatic rings. The molecule has 0 radical (unpaired) electrons. The summed E-state index contributed by atoms with van der Waals surface area (Å²) in [6, 6.07) is 2.25. The highest BCUT2D eigenvalue weighted by atomic mass is 79.9. The van der Waals surface area contributed by atoms with Crippen molar-refractivity contribution in [2.75, 3.05) is 13.1 Å². The van der Waals surface area contributed by atoms with Crippen molar-refractivity contribution in [1.82, 2.24) is 4.90 Å². The molecule has 2 unspecified atom stereocenters. The van der Waals surface area contributed by atoms with E-state index in [1.807, 2.05) is 23.3 Å². The first-order chi connectivity index (χ1) is 8.69. The molecular formula is C13H19BrN2OS. The van der Waals surface area contributed by atoms with Gasteiger partial charge in [0.15, 0.2) is 0 Å². The van der Waals surface area contributed by atoms with E-state index >= 15 is 0 Å². The minimum Gasteiger partial charge on any atom is -0.335 e. The average Bonchev–Trinajstić information content (AvgIpc) is 2.98. The predicted molar refractivity (Wildman–Crippen MR) is 78.9 cm³/mol. The van der Waals surface area contributed by atoms with Crippen LogP contribution in [0.3, 0.4) is 0 Å². The predicted octanol–water partition coefficient (Wildman–Crippen LogP) is 3.10. The molecular weight excluding hydrogens is 312 g/mol. The zero-order valence-corrected chi connectivity index (χ0v) is 13.0. The molecule has 1 amide bonds. The van der Waals surface area contributed by atoms with Gasteiger partial charge in [0.2, 0.25) is 0 Å². The Morgan fingerprint density at radius 2 is 2.39 bits per heavy atom. The first kappa shape index (κ1) is 14.0. The van der Waals surface area contributed by atoms with Crippen LogP contribution in [0.15, 0.2) is 15.9 Å². The van der Waals surface area contributed by atoms with Gasteiger partial charge in [-0.1, -0.05) is 6.42 Å². The number of hydrogen-bond acceptors (Lipinski definition) is 3. The third kappa shape index (κ3) is 2.63. The summed E-state index contributed by atoms with van der Waals surface area (Å²) >= 11 is 4.94. The number of nitrogens with two attached hydrogens (primary N) is 1. The van der Waals surface area contributed by atoms with Crippen molar-refractivity contribution in [3.8, 4) is 0 Å². The zero-order valence-electron chi connectivity index (χ0n) is 10.6. The van der Waals surface area contributed by atoms with Crippen LogP contribution in [0.2, 0.25) is 0 Å². The van der Waals surface area contributed by atoms with Crippen molar-refractivity contribution < 1.29 is 4.79 Å². The Labute approximate surface area is 120 Å². The van der Waals surface area contributed by atoms with Crippen LogP contribution in [0, 0.1) is 5.92 Å². The van der Waals surface area contributed by atoms with Crippen LogP contribution in [0.4, 0.5) is 0 Å². The number of rotatable bonds is 4. The van der Waals surface area contributed by atoms with Gasteiger partial charge in [-0.25, -0.2) is 0 Å². The van der Waals surface area contributed by atoms with E-state index in [0.717, 1.165) is 28.7 Å². The lowest BCUT2D eigenvalue weighted by atomic mass is 10.0. The fraction of sp³-hybridized carbons (Fsp3) is 0.615. The van der Waals surface area contributed by atoms with Crippen LogP contribution >= 0.6 is 27.3 Å². The topological polar surface area (TPSA) is 46.3 Å². The summed E-state index contributed by atoms with van der Waals surface area (Å²) in [5.41, 5.74) is 5.82. The highest BCUT2D eigenvalue weighted by molar-refractivity contribution is 9.10. The molecule has 1 fully saturated rings. The van der Waals surface area contributed by atoms with E-state index in [1.165, 1.54) is 17.8 Å². The Morgan fingerprint density at radius 1 is 1.61 bits per heavy atom. The Hall–Kier alpha value is -0.390. The van der Waals surface area contributed by atoms with Gasteiger partial charge in [0.1, 0.15) is 4.88 Å². The van der Waals surface area contributed by atoms with E-state index in [2.05, 4.69) is 15.9 Å². The van der Waals surface area contributed by atoms with E-state index in [0.29, 0.717) is 18.5 Å². The average molecular weight is 331 g/mol. The minimum atomic E-state index is 0.143. The van der Waals surface area contributed by atoms with Crippen LogP contribution in [0.5, 0.6) is 0 Å². The van der Waals surface area contributed by atoms with Gasteiger partial charge in [-0.15, -0.1) is 11.3 Å². The molecule has 1 aliphatic rings. The first-order valence-electron chi connectivity index (χ1n) is 6.43. The summed E-state index contributed by atoms with van der Waals surface area (Å²) in [4.78, 5) is 15.4. The number of carbonyl (C=O) groups excluding carboxylic acids is 1. The quantitative estimate of drug-likeness (QED) is 0.921. The van der Waals surface area contributed by atoms with Crippen molar-refractivity contribution in [2.24, 2.45) is 11.7 Å². The lowest BCUT2D eigenvalue weighted by molar-refractivity contribution is 0.0656. The second-order valence-electron chi connectivity index (χ2n) is 4.68. The largest absolute Gasteiger partial charge is 0.335 e. The van der Waals surface area contributed by atoms with Crippen molar-refractivity contribution >= 4 is 33.2 Å². The van der Waals surface area contributed by atoms with E-state index in [4.69, 9.17) is 5.73 Å². The maximum atomic E-state index is 12.6. The van der Waals surface area contributed by atoms with E-state index < -0.39 is 0 Å². The zero-order chi connectivity index (χ0) is 13.1. The van der Waals surface area contributed by atoms with Gasteiger partial charge in [0.25, 0.3) is 5.91 Å². The number of amides is 1. The Bertz CT molecular complexity index is 421. The fourth-order valence-electron chi connectivity index (χ4n) is 2.81. The standard InChI is InChI=1S/C13H19BrN2OS/c1-2-16(11-5-3-4-9(11)8-15)13(17)12-10(14)6-7-18-12/h6-7,9,11H,2-5,8,15H2,1H3. The normalized spacial score (nSPS) is 23.3. The van der Waals surface area contributed by atoms with Crippen LogP contribution in [-0.4, -0.2) is 29.9 Å². The Balaban J connectivity index is 2.18. The highest BCUT2D eigenvalue weighted by Gasteiger charge is 2.34. The third-order valence-electron chi connectivity index (χ3n) is 3.74. The lowest BCUT2D eigenvalue weighted by Crippen LogP contribution is -2.43. The van der Waals surface area contributed by atoms with Gasteiger partial charge < -0.3 is 10.6 Å². The van der Waals surface area contributed by atoms with Crippen molar-refractivity contribution in [3.05, 3.63) is 20.8 Å². The molecule has 0 aromatic carbocycles. The fourth-order valence-corrected chi connectivity index (χ4v) is 4.30. The maximum Gasteiger partial charge on any atom is 0.265 e. The van der Waals surface area contributed by atoms with Gasteiger partial charge in [-0.05, 0) is 59.6 Å². The van der Waals surface area contributed by atoms with Crippen LogP contribution in [-0.2, 0) is 0 Å². The van der Waals surface area contributed by atoms with Gasteiger partial charge in [0.05, 0.1) is 0 Å². The number of carbonyl (C=O) groups is 1. The molecule has 2 N–H and O–H groups in total. The SMILES string of the molecule is CCN(C(=O)c1sccc1Br)C1CCCC1CN. The summed E-state index contributed by atoms with van der Waals surface area (Å²) in [6.07, 6.45) is 3.42. The molecule has 1 heterocycles. The molecule has 2 atom stereocenters.